The molecule has 3 aromatic rings. The molecule has 0 bridgehead atoms. The Bertz CT molecular complexity index is 983. The van der Waals surface area contributed by atoms with Gasteiger partial charge in [-0.25, -0.2) is 13.1 Å². The van der Waals surface area contributed by atoms with Crippen LogP contribution in [0.25, 0.3) is 10.8 Å². The fourth-order valence-electron chi connectivity index (χ4n) is 2.60. The van der Waals surface area contributed by atoms with Crippen molar-refractivity contribution in [3.8, 4) is 11.5 Å². The van der Waals surface area contributed by atoms with Gasteiger partial charge in [0.2, 0.25) is 10.0 Å². The van der Waals surface area contributed by atoms with Crippen molar-refractivity contribution in [3.05, 3.63) is 66.2 Å². The second kappa shape index (κ2) is 6.51. The van der Waals surface area contributed by atoms with Gasteiger partial charge in [-0.05, 0) is 18.2 Å². The molecule has 0 aromatic heterocycles. The molecule has 3 aromatic carbocycles. The summed E-state index contributed by atoms with van der Waals surface area (Å²) in [6, 6.07) is 16.9. The Morgan fingerprint density at radius 3 is 2.46 bits per heavy atom. The summed E-state index contributed by atoms with van der Waals surface area (Å²) in [5.41, 5.74) is 0.742. The van der Waals surface area contributed by atoms with Crippen molar-refractivity contribution in [2.75, 3.05) is 7.11 Å². The highest BCUT2D eigenvalue weighted by molar-refractivity contribution is 7.89. The van der Waals surface area contributed by atoms with Gasteiger partial charge in [-0.1, -0.05) is 42.5 Å². The number of phenols is 1. The zero-order valence-corrected chi connectivity index (χ0v) is 13.9. The van der Waals surface area contributed by atoms with Crippen LogP contribution in [0.2, 0.25) is 0 Å². The van der Waals surface area contributed by atoms with Crippen molar-refractivity contribution in [1.82, 2.24) is 4.72 Å². The van der Waals surface area contributed by atoms with Crippen LogP contribution in [0.1, 0.15) is 5.56 Å². The molecule has 0 radical (unpaired) electrons. The molecule has 124 valence electrons. The summed E-state index contributed by atoms with van der Waals surface area (Å²) in [5.74, 6) is 0.671. The fourth-order valence-corrected chi connectivity index (χ4v) is 3.82. The van der Waals surface area contributed by atoms with Gasteiger partial charge in [0, 0.05) is 22.9 Å². The number of hydrogen-bond acceptors (Lipinski definition) is 4. The van der Waals surface area contributed by atoms with Gasteiger partial charge in [0.1, 0.15) is 11.5 Å². The molecule has 5 nitrogen and oxygen atoms in total. The van der Waals surface area contributed by atoms with E-state index < -0.39 is 10.0 Å². The van der Waals surface area contributed by atoms with E-state index in [1.165, 1.54) is 12.1 Å². The average Bonchev–Trinajstić information content (AvgIpc) is 2.60. The highest BCUT2D eigenvalue weighted by atomic mass is 32.2. The van der Waals surface area contributed by atoms with Crippen molar-refractivity contribution in [1.29, 1.82) is 0 Å². The second-order valence-electron chi connectivity index (χ2n) is 5.26. The SMILES string of the molecule is COc1ccccc1CNS(=O)(=O)c1cccc2c(O)cccc12. The molecule has 0 amide bonds. The summed E-state index contributed by atoms with van der Waals surface area (Å²) in [6.07, 6.45) is 0. The Morgan fingerprint density at radius 2 is 1.67 bits per heavy atom. The molecule has 2 N–H and O–H groups in total. The maximum absolute atomic E-state index is 12.7. The van der Waals surface area contributed by atoms with E-state index in [4.69, 9.17) is 4.74 Å². The molecular weight excluding hydrogens is 326 g/mol. The number of methoxy groups -OCH3 is 1. The molecule has 3 rings (SSSR count). The Hall–Kier alpha value is -2.57. The number of nitrogens with one attached hydrogen (secondary N) is 1. The van der Waals surface area contributed by atoms with Crippen molar-refractivity contribution >= 4 is 20.8 Å². The van der Waals surface area contributed by atoms with Crippen LogP contribution in [0.4, 0.5) is 0 Å². The van der Waals surface area contributed by atoms with Crippen molar-refractivity contribution < 1.29 is 18.3 Å². The van der Waals surface area contributed by atoms with Gasteiger partial charge in [-0.3, -0.25) is 0 Å². The van der Waals surface area contributed by atoms with Crippen LogP contribution in [0.3, 0.4) is 0 Å². The van der Waals surface area contributed by atoms with Crippen LogP contribution in [-0.2, 0) is 16.6 Å². The number of fused-ring (bicyclic) bond motifs is 1. The van der Waals surface area contributed by atoms with E-state index in [9.17, 15) is 13.5 Å². The van der Waals surface area contributed by atoms with Crippen molar-refractivity contribution in [2.24, 2.45) is 0 Å². The van der Waals surface area contributed by atoms with E-state index in [-0.39, 0.29) is 17.2 Å². The van der Waals surface area contributed by atoms with E-state index in [1.54, 1.807) is 43.5 Å². The number of aromatic hydroxyl groups is 1. The summed E-state index contributed by atoms with van der Waals surface area (Å²) in [6.45, 7) is 0.113. The van der Waals surface area contributed by atoms with Gasteiger partial charge < -0.3 is 9.84 Å². The molecular formula is C18H17NO4S. The van der Waals surface area contributed by atoms with Crippen LogP contribution in [0, 0.1) is 0 Å². The molecule has 0 saturated carbocycles. The number of para-hydroxylation sites is 1. The van der Waals surface area contributed by atoms with Gasteiger partial charge in [0.15, 0.2) is 0 Å². The van der Waals surface area contributed by atoms with Crippen molar-refractivity contribution in [2.45, 2.75) is 11.4 Å². The van der Waals surface area contributed by atoms with Crippen LogP contribution in [0.5, 0.6) is 11.5 Å². The largest absolute Gasteiger partial charge is 0.507 e. The van der Waals surface area contributed by atoms with E-state index in [2.05, 4.69) is 4.72 Å². The third-order valence-electron chi connectivity index (χ3n) is 3.79. The first-order valence-corrected chi connectivity index (χ1v) is 8.83. The highest BCUT2D eigenvalue weighted by Crippen LogP contribution is 2.29. The van der Waals surface area contributed by atoms with Gasteiger partial charge in [-0.15, -0.1) is 0 Å². The number of sulfonamides is 1. The predicted octanol–water partition coefficient (Wildman–Crippen LogP) is 3.03. The Kier molecular flexibility index (Phi) is 4.42. The lowest BCUT2D eigenvalue weighted by molar-refractivity contribution is 0.409. The fraction of sp³-hybridized carbons (Fsp3) is 0.111. The maximum Gasteiger partial charge on any atom is 0.241 e. The molecule has 6 heteroatoms. The van der Waals surface area contributed by atoms with Crippen LogP contribution >= 0.6 is 0 Å². The molecule has 0 aliphatic heterocycles. The Morgan fingerprint density at radius 1 is 0.958 bits per heavy atom. The summed E-state index contributed by atoms with van der Waals surface area (Å²) in [7, 11) is -2.20. The topological polar surface area (TPSA) is 75.6 Å². The minimum Gasteiger partial charge on any atom is -0.507 e. The first-order valence-electron chi connectivity index (χ1n) is 7.35. The number of rotatable bonds is 5. The van der Waals surface area contributed by atoms with E-state index in [0.29, 0.717) is 16.5 Å². The van der Waals surface area contributed by atoms with E-state index in [1.807, 2.05) is 12.1 Å². The highest BCUT2D eigenvalue weighted by Gasteiger charge is 2.18. The molecule has 0 fully saturated rings. The van der Waals surface area contributed by atoms with Crippen molar-refractivity contribution in [3.63, 3.8) is 0 Å². The standard InChI is InChI=1S/C18H17NO4S/c1-23-17-10-3-2-6-13(17)12-19-24(21,22)18-11-5-7-14-15(18)8-4-9-16(14)20/h2-11,19-20H,12H2,1H3. The summed E-state index contributed by atoms with van der Waals surface area (Å²) >= 11 is 0. The number of hydrogen-bond donors (Lipinski definition) is 2. The maximum atomic E-state index is 12.7. The molecule has 0 aliphatic rings. The molecule has 0 aliphatic carbocycles. The first-order chi connectivity index (χ1) is 11.5. The molecule has 0 spiro atoms. The number of phenolic OH excluding ortho intramolecular Hbond substituents is 1. The molecule has 0 atom stereocenters. The normalized spacial score (nSPS) is 11.5. The third kappa shape index (κ3) is 3.06. The minimum atomic E-state index is -3.74. The first kappa shape index (κ1) is 16.3. The van der Waals surface area contributed by atoms with Gasteiger partial charge in [-0.2, -0.15) is 0 Å². The summed E-state index contributed by atoms with van der Waals surface area (Å²) < 4.78 is 33.2. The van der Waals surface area contributed by atoms with Gasteiger partial charge >= 0.3 is 0 Å². The molecule has 0 unspecified atom stereocenters. The lowest BCUT2D eigenvalue weighted by Crippen LogP contribution is -2.23. The lowest BCUT2D eigenvalue weighted by atomic mass is 10.1. The lowest BCUT2D eigenvalue weighted by Gasteiger charge is -2.12. The Labute approximate surface area is 140 Å². The molecule has 24 heavy (non-hydrogen) atoms. The monoisotopic (exact) mass is 343 g/mol. The van der Waals surface area contributed by atoms with Crippen LogP contribution in [0.15, 0.2) is 65.6 Å². The quantitative estimate of drug-likeness (QED) is 0.747. The minimum absolute atomic E-state index is 0.0503. The summed E-state index contributed by atoms with van der Waals surface area (Å²) in [4.78, 5) is 0.130. The smallest absolute Gasteiger partial charge is 0.241 e. The second-order valence-corrected chi connectivity index (χ2v) is 7.00. The zero-order valence-electron chi connectivity index (χ0n) is 13.1. The van der Waals surface area contributed by atoms with Crippen LogP contribution < -0.4 is 9.46 Å². The van der Waals surface area contributed by atoms with E-state index >= 15 is 0 Å². The van der Waals surface area contributed by atoms with Gasteiger partial charge in [0.25, 0.3) is 0 Å². The van der Waals surface area contributed by atoms with Gasteiger partial charge in [0.05, 0.1) is 12.0 Å². The number of benzene rings is 3. The average molecular weight is 343 g/mol. The Balaban J connectivity index is 1.96. The predicted molar refractivity (Wildman–Crippen MR) is 92.6 cm³/mol. The number of ether oxygens (including phenoxy) is 1. The summed E-state index contributed by atoms with van der Waals surface area (Å²) in [5, 5.41) is 10.9. The molecule has 0 saturated heterocycles. The molecule has 0 heterocycles. The third-order valence-corrected chi connectivity index (χ3v) is 5.25. The van der Waals surface area contributed by atoms with Crippen LogP contribution in [-0.4, -0.2) is 20.6 Å². The van der Waals surface area contributed by atoms with E-state index in [0.717, 1.165) is 5.56 Å². The zero-order chi connectivity index (χ0) is 17.2.